The maximum absolute atomic E-state index is 13.0. The Hall–Kier alpha value is -1.66. The SMILES string of the molecule is O=CCP(=O)(c1ccccc1)c1ccccc1. The molecule has 0 aliphatic heterocycles. The molecule has 0 aliphatic rings. The minimum atomic E-state index is -2.79. The van der Waals surface area contributed by atoms with Crippen LogP contribution in [0.25, 0.3) is 0 Å². The monoisotopic (exact) mass is 244 g/mol. The predicted octanol–water partition coefficient (Wildman–Crippen LogP) is 2.20. The van der Waals surface area contributed by atoms with Crippen LogP contribution in [0.3, 0.4) is 0 Å². The predicted molar refractivity (Wildman–Crippen MR) is 70.7 cm³/mol. The molecule has 3 heteroatoms. The third-order valence-electron chi connectivity index (χ3n) is 2.68. The molecule has 0 amide bonds. The molecule has 17 heavy (non-hydrogen) atoms. The van der Waals surface area contributed by atoms with Gasteiger partial charge in [-0.2, -0.15) is 0 Å². The first-order valence-corrected chi connectivity index (χ1v) is 7.30. The highest BCUT2D eigenvalue weighted by Gasteiger charge is 2.26. The molecule has 2 rings (SSSR count). The van der Waals surface area contributed by atoms with Crippen LogP contribution in [-0.4, -0.2) is 12.4 Å². The summed E-state index contributed by atoms with van der Waals surface area (Å²) in [4.78, 5) is 10.8. The quantitative estimate of drug-likeness (QED) is 0.610. The minimum Gasteiger partial charge on any atom is -0.313 e. The molecule has 0 unspecified atom stereocenters. The Balaban J connectivity index is 2.55. The van der Waals surface area contributed by atoms with Gasteiger partial charge in [0, 0.05) is 10.6 Å². The van der Waals surface area contributed by atoms with E-state index in [0.29, 0.717) is 0 Å². The summed E-state index contributed by atoms with van der Waals surface area (Å²) in [6.45, 7) is 0. The van der Waals surface area contributed by atoms with Crippen molar-refractivity contribution in [1.82, 2.24) is 0 Å². The van der Waals surface area contributed by atoms with Gasteiger partial charge in [0.05, 0.1) is 6.16 Å². The van der Waals surface area contributed by atoms with Gasteiger partial charge in [-0.05, 0) is 0 Å². The summed E-state index contributed by atoms with van der Waals surface area (Å²) < 4.78 is 13.0. The van der Waals surface area contributed by atoms with Crippen LogP contribution >= 0.6 is 7.14 Å². The zero-order valence-corrected chi connectivity index (χ0v) is 10.2. The molecule has 0 aliphatic carbocycles. The van der Waals surface area contributed by atoms with E-state index in [2.05, 4.69) is 0 Å². The summed E-state index contributed by atoms with van der Waals surface area (Å²) in [6.07, 6.45) is 0.793. The Bertz CT molecular complexity index is 491. The maximum atomic E-state index is 13.0. The van der Waals surface area contributed by atoms with E-state index in [9.17, 15) is 9.36 Å². The maximum Gasteiger partial charge on any atom is 0.150 e. The van der Waals surface area contributed by atoms with Gasteiger partial charge in [0.1, 0.15) is 13.4 Å². The van der Waals surface area contributed by atoms with Crippen molar-refractivity contribution < 1.29 is 9.36 Å². The van der Waals surface area contributed by atoms with Gasteiger partial charge in [-0.15, -0.1) is 0 Å². The Morgan fingerprint density at radius 1 is 0.824 bits per heavy atom. The molecule has 0 radical (unpaired) electrons. The summed E-state index contributed by atoms with van der Waals surface area (Å²) in [5.74, 6) is 0. The average molecular weight is 244 g/mol. The Morgan fingerprint density at radius 2 is 1.24 bits per heavy atom. The molecule has 0 aromatic heterocycles. The summed E-state index contributed by atoms with van der Waals surface area (Å²) >= 11 is 0. The lowest BCUT2D eigenvalue weighted by Gasteiger charge is -2.16. The van der Waals surface area contributed by atoms with Crippen molar-refractivity contribution in [2.45, 2.75) is 0 Å². The largest absolute Gasteiger partial charge is 0.313 e. The Morgan fingerprint density at radius 3 is 1.59 bits per heavy atom. The number of benzene rings is 2. The lowest BCUT2D eigenvalue weighted by atomic mass is 10.4. The van der Waals surface area contributed by atoms with E-state index >= 15 is 0 Å². The van der Waals surface area contributed by atoms with Crippen LogP contribution in [-0.2, 0) is 9.36 Å². The van der Waals surface area contributed by atoms with E-state index in [-0.39, 0.29) is 6.16 Å². The summed E-state index contributed by atoms with van der Waals surface area (Å²) in [7, 11) is -2.79. The summed E-state index contributed by atoms with van der Waals surface area (Å²) in [6, 6.07) is 18.4. The highest BCUT2D eigenvalue weighted by molar-refractivity contribution is 7.79. The van der Waals surface area contributed by atoms with Crippen LogP contribution in [0.1, 0.15) is 0 Å². The van der Waals surface area contributed by atoms with Crippen LogP contribution < -0.4 is 10.6 Å². The molecule has 0 heterocycles. The number of carbonyl (C=O) groups excluding carboxylic acids is 1. The van der Waals surface area contributed by atoms with Crippen LogP contribution in [0.5, 0.6) is 0 Å². The number of rotatable bonds is 4. The molecule has 0 bridgehead atoms. The first-order chi connectivity index (χ1) is 8.27. The molecule has 0 saturated carbocycles. The minimum absolute atomic E-state index is 0.0566. The molecule has 2 aromatic rings. The van der Waals surface area contributed by atoms with Crippen LogP contribution in [0.2, 0.25) is 0 Å². The van der Waals surface area contributed by atoms with Gasteiger partial charge in [-0.25, -0.2) is 0 Å². The summed E-state index contributed by atoms with van der Waals surface area (Å²) in [5.41, 5.74) is 0. The van der Waals surface area contributed by atoms with Crippen molar-refractivity contribution in [3.63, 3.8) is 0 Å². The number of hydrogen-bond acceptors (Lipinski definition) is 2. The van der Waals surface area contributed by atoms with Crippen LogP contribution in [0, 0.1) is 0 Å². The van der Waals surface area contributed by atoms with Gasteiger partial charge in [-0.1, -0.05) is 60.7 Å². The van der Waals surface area contributed by atoms with Gasteiger partial charge in [0.25, 0.3) is 0 Å². The van der Waals surface area contributed by atoms with Crippen molar-refractivity contribution in [2.24, 2.45) is 0 Å². The van der Waals surface area contributed by atoms with E-state index in [1.54, 1.807) is 0 Å². The molecule has 2 aromatic carbocycles. The van der Waals surface area contributed by atoms with Gasteiger partial charge < -0.3 is 9.36 Å². The van der Waals surface area contributed by atoms with Gasteiger partial charge in [0.2, 0.25) is 0 Å². The van der Waals surface area contributed by atoms with Crippen molar-refractivity contribution >= 4 is 24.0 Å². The van der Waals surface area contributed by atoms with Crippen molar-refractivity contribution in [1.29, 1.82) is 0 Å². The summed E-state index contributed by atoms with van der Waals surface area (Å²) in [5, 5.41) is 1.47. The first kappa shape index (κ1) is 11.8. The topological polar surface area (TPSA) is 34.1 Å². The lowest BCUT2D eigenvalue weighted by Crippen LogP contribution is -2.18. The Kier molecular flexibility index (Phi) is 3.55. The van der Waals surface area contributed by atoms with Crippen LogP contribution in [0.4, 0.5) is 0 Å². The molecule has 0 N–H and O–H groups in total. The third kappa shape index (κ3) is 2.37. The Labute approximate surface area is 101 Å². The molecule has 2 nitrogen and oxygen atoms in total. The van der Waals surface area contributed by atoms with Crippen molar-refractivity contribution in [3.8, 4) is 0 Å². The van der Waals surface area contributed by atoms with Gasteiger partial charge >= 0.3 is 0 Å². The smallest absolute Gasteiger partial charge is 0.150 e. The van der Waals surface area contributed by atoms with E-state index < -0.39 is 7.14 Å². The highest BCUT2D eigenvalue weighted by Crippen LogP contribution is 2.41. The highest BCUT2D eigenvalue weighted by atomic mass is 31.2. The molecular formula is C14H13O2P. The standard InChI is InChI=1S/C14H13O2P/c15-11-12-17(16,13-7-3-1-4-8-13)14-9-5-2-6-10-14/h1-11H,12H2. The van der Waals surface area contributed by atoms with E-state index in [0.717, 1.165) is 16.9 Å². The zero-order chi connectivity index (χ0) is 12.1. The van der Waals surface area contributed by atoms with Crippen LogP contribution in [0.15, 0.2) is 60.7 Å². The zero-order valence-electron chi connectivity index (χ0n) is 9.32. The fourth-order valence-corrected chi connectivity index (χ4v) is 4.04. The van der Waals surface area contributed by atoms with Gasteiger partial charge in [-0.3, -0.25) is 0 Å². The normalized spacial score (nSPS) is 11.1. The number of aldehydes is 1. The molecule has 0 fully saturated rings. The fourth-order valence-electron chi connectivity index (χ4n) is 1.80. The second-order valence-electron chi connectivity index (χ2n) is 3.76. The van der Waals surface area contributed by atoms with Crippen molar-refractivity contribution in [3.05, 3.63) is 60.7 Å². The molecule has 0 spiro atoms. The third-order valence-corrected chi connectivity index (χ3v) is 5.61. The van der Waals surface area contributed by atoms with E-state index in [1.165, 1.54) is 0 Å². The second-order valence-corrected chi connectivity index (χ2v) is 6.64. The van der Waals surface area contributed by atoms with E-state index in [4.69, 9.17) is 0 Å². The second kappa shape index (κ2) is 5.11. The van der Waals surface area contributed by atoms with Crippen molar-refractivity contribution in [2.75, 3.05) is 6.16 Å². The lowest BCUT2D eigenvalue weighted by molar-refractivity contribution is -0.105. The molecule has 0 atom stereocenters. The molecular weight excluding hydrogens is 231 g/mol. The average Bonchev–Trinajstić information content (AvgIpc) is 2.41. The fraction of sp³-hybridized carbons (Fsp3) is 0.0714. The number of hydrogen-bond donors (Lipinski definition) is 0. The molecule has 0 saturated heterocycles. The van der Waals surface area contributed by atoms with Gasteiger partial charge in [0.15, 0.2) is 0 Å². The van der Waals surface area contributed by atoms with E-state index in [1.807, 2.05) is 60.7 Å². The number of carbonyl (C=O) groups is 1. The molecule has 86 valence electrons. The first-order valence-electron chi connectivity index (χ1n) is 5.41.